The molecule has 0 bridgehead atoms. The Balaban J connectivity index is 1.80. The van der Waals surface area contributed by atoms with Crippen molar-refractivity contribution < 1.29 is 18.3 Å². The van der Waals surface area contributed by atoms with Gasteiger partial charge in [-0.3, -0.25) is 4.79 Å². The fraction of sp³-hybridized carbons (Fsp3) is 0.900. The standard InChI is InChI=1S/C10H15F2NO2/c1-13(6-7-3-2-4-15-7)9(14)8-5-10(8,11)12/h7-8H,2-6H2,1H3/t7-,8-/m0/s1. The minimum absolute atomic E-state index is 0.0336. The first kappa shape index (κ1) is 10.8. The van der Waals surface area contributed by atoms with Crippen LogP contribution in [0.25, 0.3) is 0 Å². The summed E-state index contributed by atoms with van der Waals surface area (Å²) in [6.07, 6.45) is 1.65. The molecule has 0 N–H and O–H groups in total. The Bertz CT molecular complexity index is 264. The molecule has 0 spiro atoms. The van der Waals surface area contributed by atoms with E-state index in [1.54, 1.807) is 7.05 Å². The van der Waals surface area contributed by atoms with E-state index in [1.807, 2.05) is 0 Å². The zero-order valence-corrected chi connectivity index (χ0v) is 8.71. The average Bonchev–Trinajstić information content (AvgIpc) is 2.63. The van der Waals surface area contributed by atoms with Gasteiger partial charge in [-0.1, -0.05) is 0 Å². The molecular weight excluding hydrogens is 204 g/mol. The maximum Gasteiger partial charge on any atom is 0.260 e. The molecule has 1 amide bonds. The van der Waals surface area contributed by atoms with E-state index >= 15 is 0 Å². The number of hydrogen-bond donors (Lipinski definition) is 0. The lowest BCUT2D eigenvalue weighted by molar-refractivity contribution is -0.134. The van der Waals surface area contributed by atoms with Gasteiger partial charge in [0.15, 0.2) is 0 Å². The topological polar surface area (TPSA) is 29.5 Å². The van der Waals surface area contributed by atoms with E-state index in [4.69, 9.17) is 4.74 Å². The van der Waals surface area contributed by atoms with Gasteiger partial charge in [0, 0.05) is 26.6 Å². The molecule has 86 valence electrons. The van der Waals surface area contributed by atoms with Crippen LogP contribution in [0.2, 0.25) is 0 Å². The van der Waals surface area contributed by atoms with Gasteiger partial charge in [-0.15, -0.1) is 0 Å². The summed E-state index contributed by atoms with van der Waals surface area (Å²) in [5.41, 5.74) is 0. The van der Waals surface area contributed by atoms with Crippen molar-refractivity contribution >= 4 is 5.91 Å². The summed E-state index contributed by atoms with van der Waals surface area (Å²) < 4.78 is 30.6. The van der Waals surface area contributed by atoms with Crippen LogP contribution < -0.4 is 0 Å². The van der Waals surface area contributed by atoms with Crippen LogP contribution in [0.5, 0.6) is 0 Å². The number of likely N-dealkylation sites (N-methyl/N-ethyl adjacent to an activating group) is 1. The number of alkyl halides is 2. The number of rotatable bonds is 3. The molecule has 0 aromatic carbocycles. The summed E-state index contributed by atoms with van der Waals surface area (Å²) in [5, 5.41) is 0. The number of halogens is 2. The largest absolute Gasteiger partial charge is 0.376 e. The molecular formula is C10H15F2NO2. The Hall–Kier alpha value is -0.710. The van der Waals surface area contributed by atoms with E-state index in [1.165, 1.54) is 4.90 Å². The van der Waals surface area contributed by atoms with Crippen molar-refractivity contribution in [3.05, 3.63) is 0 Å². The van der Waals surface area contributed by atoms with E-state index < -0.39 is 17.7 Å². The Morgan fingerprint density at radius 3 is 2.73 bits per heavy atom. The minimum atomic E-state index is -2.76. The Kier molecular flexibility index (Phi) is 2.66. The lowest BCUT2D eigenvalue weighted by Crippen LogP contribution is -2.36. The molecule has 2 atom stereocenters. The van der Waals surface area contributed by atoms with Gasteiger partial charge in [0.1, 0.15) is 5.92 Å². The molecule has 1 aliphatic heterocycles. The van der Waals surface area contributed by atoms with Crippen LogP contribution in [-0.2, 0) is 9.53 Å². The molecule has 2 fully saturated rings. The molecule has 1 saturated carbocycles. The number of carbonyl (C=O) groups excluding carboxylic acids is 1. The molecule has 5 heteroatoms. The predicted octanol–water partition coefficient (Wildman–Crippen LogP) is 1.28. The number of amides is 1. The fourth-order valence-electron chi connectivity index (χ4n) is 1.93. The van der Waals surface area contributed by atoms with Gasteiger partial charge in [0.2, 0.25) is 5.91 Å². The number of nitrogens with zero attached hydrogens (tertiary/aromatic N) is 1. The zero-order valence-electron chi connectivity index (χ0n) is 8.71. The van der Waals surface area contributed by atoms with E-state index in [2.05, 4.69) is 0 Å². The predicted molar refractivity (Wildman–Crippen MR) is 49.7 cm³/mol. The van der Waals surface area contributed by atoms with Crippen LogP contribution in [0.15, 0.2) is 0 Å². The highest BCUT2D eigenvalue weighted by Crippen LogP contribution is 2.49. The maximum atomic E-state index is 12.6. The van der Waals surface area contributed by atoms with Crippen molar-refractivity contribution in [2.45, 2.75) is 31.3 Å². The first-order chi connectivity index (χ1) is 7.00. The third-order valence-electron chi connectivity index (χ3n) is 3.00. The number of ether oxygens (including phenoxy) is 1. The summed E-state index contributed by atoms with van der Waals surface area (Å²) in [4.78, 5) is 12.9. The van der Waals surface area contributed by atoms with Crippen molar-refractivity contribution in [2.75, 3.05) is 20.2 Å². The van der Waals surface area contributed by atoms with Crippen LogP contribution in [0, 0.1) is 5.92 Å². The number of hydrogen-bond acceptors (Lipinski definition) is 2. The summed E-state index contributed by atoms with van der Waals surface area (Å²) in [5.74, 6) is -4.29. The van der Waals surface area contributed by atoms with Crippen LogP contribution in [-0.4, -0.2) is 43.0 Å². The summed E-state index contributed by atoms with van der Waals surface area (Å²) in [6, 6.07) is 0. The summed E-state index contributed by atoms with van der Waals surface area (Å²) >= 11 is 0. The van der Waals surface area contributed by atoms with Crippen molar-refractivity contribution in [3.63, 3.8) is 0 Å². The molecule has 0 aromatic heterocycles. The lowest BCUT2D eigenvalue weighted by Gasteiger charge is -2.20. The number of carbonyl (C=O) groups is 1. The Labute approximate surface area is 87.4 Å². The summed E-state index contributed by atoms with van der Waals surface area (Å²) in [7, 11) is 1.57. The molecule has 0 radical (unpaired) electrons. The van der Waals surface area contributed by atoms with Crippen molar-refractivity contribution in [3.8, 4) is 0 Å². The first-order valence-corrected chi connectivity index (χ1v) is 5.25. The SMILES string of the molecule is CN(C[C@@H]1CCCO1)C(=O)[C@@H]1CC1(F)F. The average molecular weight is 219 g/mol. The second-order valence-corrected chi connectivity index (χ2v) is 4.37. The summed E-state index contributed by atoms with van der Waals surface area (Å²) in [6.45, 7) is 1.15. The lowest BCUT2D eigenvalue weighted by atomic mass is 10.2. The molecule has 0 unspecified atom stereocenters. The van der Waals surface area contributed by atoms with Gasteiger partial charge in [-0.25, -0.2) is 8.78 Å². The zero-order chi connectivity index (χ0) is 11.1. The second kappa shape index (κ2) is 3.70. The van der Waals surface area contributed by atoms with E-state index in [0.717, 1.165) is 12.8 Å². The minimum Gasteiger partial charge on any atom is -0.376 e. The van der Waals surface area contributed by atoms with Crippen LogP contribution in [0.3, 0.4) is 0 Å². The van der Waals surface area contributed by atoms with Crippen molar-refractivity contribution in [2.24, 2.45) is 5.92 Å². The quantitative estimate of drug-likeness (QED) is 0.715. The van der Waals surface area contributed by atoms with Gasteiger partial charge in [0.25, 0.3) is 5.92 Å². The van der Waals surface area contributed by atoms with E-state index in [0.29, 0.717) is 13.2 Å². The van der Waals surface area contributed by atoms with Gasteiger partial charge in [-0.2, -0.15) is 0 Å². The van der Waals surface area contributed by atoms with E-state index in [-0.39, 0.29) is 12.5 Å². The molecule has 1 aliphatic carbocycles. The molecule has 1 saturated heterocycles. The van der Waals surface area contributed by atoms with E-state index in [9.17, 15) is 13.6 Å². The Morgan fingerprint density at radius 1 is 1.60 bits per heavy atom. The molecule has 2 rings (SSSR count). The highest BCUT2D eigenvalue weighted by atomic mass is 19.3. The van der Waals surface area contributed by atoms with Crippen LogP contribution in [0.1, 0.15) is 19.3 Å². The van der Waals surface area contributed by atoms with Gasteiger partial charge >= 0.3 is 0 Å². The van der Waals surface area contributed by atoms with Crippen LogP contribution >= 0.6 is 0 Å². The van der Waals surface area contributed by atoms with Gasteiger partial charge in [0.05, 0.1) is 6.10 Å². The normalized spacial score (nSPS) is 32.7. The van der Waals surface area contributed by atoms with Gasteiger partial charge < -0.3 is 9.64 Å². The highest BCUT2D eigenvalue weighted by molar-refractivity contribution is 5.82. The molecule has 15 heavy (non-hydrogen) atoms. The van der Waals surface area contributed by atoms with Crippen molar-refractivity contribution in [1.29, 1.82) is 0 Å². The molecule has 1 heterocycles. The van der Waals surface area contributed by atoms with Crippen molar-refractivity contribution in [1.82, 2.24) is 4.90 Å². The second-order valence-electron chi connectivity index (χ2n) is 4.37. The molecule has 0 aromatic rings. The molecule has 2 aliphatic rings. The molecule has 3 nitrogen and oxygen atoms in total. The smallest absolute Gasteiger partial charge is 0.260 e. The Morgan fingerprint density at radius 2 is 2.27 bits per heavy atom. The van der Waals surface area contributed by atoms with Gasteiger partial charge in [-0.05, 0) is 12.8 Å². The monoisotopic (exact) mass is 219 g/mol. The third-order valence-corrected chi connectivity index (χ3v) is 3.00. The third kappa shape index (κ3) is 2.27. The first-order valence-electron chi connectivity index (χ1n) is 5.25. The highest BCUT2D eigenvalue weighted by Gasteiger charge is 2.62. The fourth-order valence-corrected chi connectivity index (χ4v) is 1.93. The maximum absolute atomic E-state index is 12.6. The van der Waals surface area contributed by atoms with Crippen LogP contribution in [0.4, 0.5) is 8.78 Å².